The molecule has 2 N–H and O–H groups in total. The summed E-state index contributed by atoms with van der Waals surface area (Å²) in [5.41, 5.74) is 7.78. The van der Waals surface area contributed by atoms with Gasteiger partial charge in [-0.2, -0.15) is 0 Å². The van der Waals surface area contributed by atoms with Crippen molar-refractivity contribution in [3.05, 3.63) is 29.3 Å². The molecule has 0 radical (unpaired) electrons. The SMILES string of the molecule is NCCCCC#Cc1cccc2c1OCCC2. The van der Waals surface area contributed by atoms with Gasteiger partial charge in [0.25, 0.3) is 0 Å². The maximum atomic E-state index is 5.71. The zero-order valence-electron chi connectivity index (χ0n) is 10.2. The molecule has 2 heteroatoms. The summed E-state index contributed by atoms with van der Waals surface area (Å²) in [4.78, 5) is 0. The summed E-state index contributed by atoms with van der Waals surface area (Å²) in [6.45, 7) is 1.57. The quantitative estimate of drug-likeness (QED) is 0.638. The van der Waals surface area contributed by atoms with Gasteiger partial charge in [0.15, 0.2) is 0 Å². The second-order valence-corrected chi connectivity index (χ2v) is 4.29. The lowest BCUT2D eigenvalue weighted by molar-refractivity contribution is 0.287. The van der Waals surface area contributed by atoms with E-state index in [1.54, 1.807) is 0 Å². The summed E-state index contributed by atoms with van der Waals surface area (Å²) in [5, 5.41) is 0. The number of unbranched alkanes of at least 4 members (excludes halogenated alkanes) is 2. The fourth-order valence-electron chi connectivity index (χ4n) is 2.00. The molecule has 2 nitrogen and oxygen atoms in total. The van der Waals surface area contributed by atoms with Crippen LogP contribution in [0.3, 0.4) is 0 Å². The third-order valence-corrected chi connectivity index (χ3v) is 2.91. The predicted molar refractivity (Wildman–Crippen MR) is 70.0 cm³/mol. The van der Waals surface area contributed by atoms with Gasteiger partial charge in [-0.3, -0.25) is 0 Å². The van der Waals surface area contributed by atoms with E-state index >= 15 is 0 Å². The molecule has 1 aromatic carbocycles. The van der Waals surface area contributed by atoms with Gasteiger partial charge in [-0.15, -0.1) is 0 Å². The van der Waals surface area contributed by atoms with E-state index in [4.69, 9.17) is 10.5 Å². The molecule has 0 atom stereocenters. The Morgan fingerprint density at radius 1 is 1.29 bits per heavy atom. The van der Waals surface area contributed by atoms with Crippen molar-refractivity contribution in [2.45, 2.75) is 32.1 Å². The number of rotatable bonds is 3. The van der Waals surface area contributed by atoms with Crippen molar-refractivity contribution in [1.82, 2.24) is 0 Å². The monoisotopic (exact) mass is 229 g/mol. The van der Waals surface area contributed by atoms with Gasteiger partial charge in [-0.05, 0) is 43.9 Å². The van der Waals surface area contributed by atoms with Crippen molar-refractivity contribution < 1.29 is 4.74 Å². The lowest BCUT2D eigenvalue weighted by atomic mass is 10.0. The number of fused-ring (bicyclic) bond motifs is 1. The van der Waals surface area contributed by atoms with Crippen LogP contribution in [0, 0.1) is 11.8 Å². The van der Waals surface area contributed by atoms with Crippen LogP contribution in [0.15, 0.2) is 18.2 Å². The molecule has 0 spiro atoms. The third-order valence-electron chi connectivity index (χ3n) is 2.91. The molecule has 0 saturated heterocycles. The molecule has 2 rings (SSSR count). The minimum Gasteiger partial charge on any atom is -0.492 e. The van der Waals surface area contributed by atoms with E-state index in [9.17, 15) is 0 Å². The van der Waals surface area contributed by atoms with Gasteiger partial charge in [0.2, 0.25) is 0 Å². The smallest absolute Gasteiger partial charge is 0.138 e. The highest BCUT2D eigenvalue weighted by atomic mass is 16.5. The first kappa shape index (κ1) is 12.0. The Morgan fingerprint density at radius 3 is 3.12 bits per heavy atom. The molecule has 0 aromatic heterocycles. The van der Waals surface area contributed by atoms with Crippen molar-refractivity contribution in [3.63, 3.8) is 0 Å². The van der Waals surface area contributed by atoms with Crippen LogP contribution in [-0.4, -0.2) is 13.2 Å². The van der Waals surface area contributed by atoms with Gasteiger partial charge in [-0.25, -0.2) is 0 Å². The Labute approximate surface area is 103 Å². The van der Waals surface area contributed by atoms with Gasteiger partial charge in [-0.1, -0.05) is 24.0 Å². The zero-order valence-corrected chi connectivity index (χ0v) is 10.2. The first-order chi connectivity index (χ1) is 8.42. The summed E-state index contributed by atoms with van der Waals surface area (Å²) in [6, 6.07) is 6.24. The molecule has 0 unspecified atom stereocenters. The maximum Gasteiger partial charge on any atom is 0.138 e. The van der Waals surface area contributed by atoms with E-state index in [1.165, 1.54) is 5.56 Å². The first-order valence-electron chi connectivity index (χ1n) is 6.35. The molecule has 0 bridgehead atoms. The number of nitrogens with two attached hydrogens (primary N) is 1. The average molecular weight is 229 g/mol. The Kier molecular flexibility index (Phi) is 4.46. The van der Waals surface area contributed by atoms with Gasteiger partial charge < -0.3 is 10.5 Å². The van der Waals surface area contributed by atoms with Crippen molar-refractivity contribution >= 4 is 0 Å². The summed E-state index contributed by atoms with van der Waals surface area (Å²) >= 11 is 0. The number of hydrogen-bond donors (Lipinski definition) is 1. The highest BCUT2D eigenvalue weighted by Gasteiger charge is 2.12. The van der Waals surface area contributed by atoms with Crippen molar-refractivity contribution in [2.75, 3.05) is 13.2 Å². The van der Waals surface area contributed by atoms with E-state index in [2.05, 4.69) is 24.0 Å². The number of benzene rings is 1. The number of hydrogen-bond acceptors (Lipinski definition) is 2. The number of aryl methyl sites for hydroxylation is 1. The third kappa shape index (κ3) is 3.25. The normalized spacial score (nSPS) is 13.2. The molecule has 0 saturated carbocycles. The molecular formula is C15H19NO. The molecule has 1 aliphatic rings. The van der Waals surface area contributed by atoms with Crippen LogP contribution in [-0.2, 0) is 6.42 Å². The summed E-state index contributed by atoms with van der Waals surface area (Å²) in [5.74, 6) is 7.42. The summed E-state index contributed by atoms with van der Waals surface area (Å²) < 4.78 is 5.71. The van der Waals surface area contributed by atoms with Gasteiger partial charge >= 0.3 is 0 Å². The van der Waals surface area contributed by atoms with Gasteiger partial charge in [0, 0.05) is 6.42 Å². The van der Waals surface area contributed by atoms with E-state index in [0.29, 0.717) is 0 Å². The first-order valence-corrected chi connectivity index (χ1v) is 6.35. The van der Waals surface area contributed by atoms with Crippen LogP contribution in [0.5, 0.6) is 5.75 Å². The lowest BCUT2D eigenvalue weighted by Crippen LogP contribution is -2.09. The van der Waals surface area contributed by atoms with Crippen molar-refractivity contribution in [1.29, 1.82) is 0 Å². The summed E-state index contributed by atoms with van der Waals surface area (Å²) in [6.07, 6.45) is 5.27. The van der Waals surface area contributed by atoms with E-state index in [1.807, 2.05) is 6.07 Å². The lowest BCUT2D eigenvalue weighted by Gasteiger charge is -2.18. The van der Waals surface area contributed by atoms with Crippen LogP contribution in [0.2, 0.25) is 0 Å². The number of para-hydroxylation sites is 1. The standard InChI is InChI=1S/C15H19NO/c16-11-4-2-1-3-7-13-8-5-9-14-10-6-12-17-15(13)14/h5,8-9H,1-2,4,6,10-12,16H2. The molecule has 1 heterocycles. The highest BCUT2D eigenvalue weighted by molar-refractivity contribution is 5.51. The molecule has 1 aromatic rings. The molecule has 0 fully saturated rings. The van der Waals surface area contributed by atoms with E-state index in [0.717, 1.165) is 56.6 Å². The van der Waals surface area contributed by atoms with E-state index < -0.39 is 0 Å². The van der Waals surface area contributed by atoms with Crippen molar-refractivity contribution in [3.8, 4) is 17.6 Å². The largest absolute Gasteiger partial charge is 0.492 e. The van der Waals surface area contributed by atoms with Crippen LogP contribution < -0.4 is 10.5 Å². The minimum absolute atomic E-state index is 0.755. The van der Waals surface area contributed by atoms with Gasteiger partial charge in [0.1, 0.15) is 5.75 Å². The molecule has 90 valence electrons. The Hall–Kier alpha value is -1.46. The number of ether oxygens (including phenoxy) is 1. The Balaban J connectivity index is 2.05. The maximum absolute atomic E-state index is 5.71. The van der Waals surface area contributed by atoms with Crippen LogP contribution in [0.4, 0.5) is 0 Å². The van der Waals surface area contributed by atoms with E-state index in [-0.39, 0.29) is 0 Å². The molecule has 17 heavy (non-hydrogen) atoms. The fourth-order valence-corrected chi connectivity index (χ4v) is 2.00. The molecular weight excluding hydrogens is 210 g/mol. The Morgan fingerprint density at radius 2 is 2.24 bits per heavy atom. The highest BCUT2D eigenvalue weighted by Crippen LogP contribution is 2.28. The summed E-state index contributed by atoms with van der Waals surface area (Å²) in [7, 11) is 0. The second-order valence-electron chi connectivity index (χ2n) is 4.29. The molecule has 0 aliphatic carbocycles. The predicted octanol–water partition coefficient (Wildman–Crippen LogP) is 2.49. The fraction of sp³-hybridized carbons (Fsp3) is 0.467. The van der Waals surface area contributed by atoms with Crippen molar-refractivity contribution in [2.24, 2.45) is 5.73 Å². The van der Waals surface area contributed by atoms with Crippen LogP contribution in [0.1, 0.15) is 36.8 Å². The van der Waals surface area contributed by atoms with Gasteiger partial charge in [0.05, 0.1) is 12.2 Å². The topological polar surface area (TPSA) is 35.2 Å². The minimum atomic E-state index is 0.755. The molecule has 1 aliphatic heterocycles. The average Bonchev–Trinajstić information content (AvgIpc) is 2.39. The Bertz CT molecular complexity index is 428. The zero-order chi connectivity index (χ0) is 11.9. The van der Waals surface area contributed by atoms with Crippen LogP contribution >= 0.6 is 0 Å². The van der Waals surface area contributed by atoms with Crippen LogP contribution in [0.25, 0.3) is 0 Å². The molecule has 0 amide bonds. The second kappa shape index (κ2) is 6.32.